The van der Waals surface area contributed by atoms with Gasteiger partial charge in [-0.3, -0.25) is 14.4 Å². The van der Waals surface area contributed by atoms with Gasteiger partial charge in [-0.15, -0.1) is 0 Å². The lowest BCUT2D eigenvalue weighted by molar-refractivity contribution is 0.0712. The minimum Gasteiger partial charge on any atom is -0.504 e. The van der Waals surface area contributed by atoms with Crippen molar-refractivity contribution in [2.45, 2.75) is 0 Å². The zero-order valence-corrected chi connectivity index (χ0v) is 32.1. The molecule has 12 nitrogen and oxygen atoms in total. The second-order valence-corrected chi connectivity index (χ2v) is 13.6. The Labute approximate surface area is 351 Å². The number of ketones is 2. The number of phenolic OH excluding ortho intramolecular Hbond substituents is 2. The summed E-state index contributed by atoms with van der Waals surface area (Å²) in [5.41, 5.74) is -3.41. The molecule has 0 fully saturated rings. The van der Waals surface area contributed by atoms with Crippen LogP contribution in [-0.2, 0) is 0 Å². The van der Waals surface area contributed by atoms with Crippen LogP contribution in [-0.4, -0.2) is 39.7 Å². The molecule has 0 saturated carbocycles. The third-order valence-electron chi connectivity index (χ3n) is 9.58. The molecule has 0 unspecified atom stereocenters. The van der Waals surface area contributed by atoms with Crippen molar-refractivity contribution < 1.29 is 52.8 Å². The summed E-state index contributed by atoms with van der Waals surface area (Å²) in [6, 6.07) is 41.3. The highest BCUT2D eigenvalue weighted by Crippen LogP contribution is 2.46. The summed E-state index contributed by atoms with van der Waals surface area (Å²) in [5.74, 6) is -9.14. The third-order valence-corrected chi connectivity index (χ3v) is 9.58. The monoisotopic (exact) mass is 822 g/mol. The molecule has 7 aromatic carbocycles. The van der Waals surface area contributed by atoms with Crippen LogP contribution >= 0.6 is 0 Å². The van der Waals surface area contributed by atoms with E-state index in [1.54, 1.807) is 91.0 Å². The number of hydrogen-bond acceptors (Lipinski definition) is 12. The summed E-state index contributed by atoms with van der Waals surface area (Å²) in [6.07, 6.45) is 0. The lowest BCUT2D eigenvalue weighted by atomic mass is 9.91. The molecule has 0 amide bonds. The van der Waals surface area contributed by atoms with Gasteiger partial charge in [0.2, 0.25) is 22.7 Å². The third kappa shape index (κ3) is 7.82. The van der Waals surface area contributed by atoms with Crippen molar-refractivity contribution in [2.75, 3.05) is 0 Å². The average molecular weight is 823 g/mol. The van der Waals surface area contributed by atoms with Crippen molar-refractivity contribution in [3.05, 3.63) is 219 Å². The fourth-order valence-electron chi connectivity index (χ4n) is 6.57. The van der Waals surface area contributed by atoms with Crippen LogP contribution in [0.15, 0.2) is 179 Å². The number of phenols is 2. The molecule has 0 radical (unpaired) electrons. The first-order valence-electron chi connectivity index (χ1n) is 18.8. The Morgan fingerprint density at radius 2 is 0.806 bits per heavy atom. The van der Waals surface area contributed by atoms with Gasteiger partial charge in [-0.05, 0) is 54.6 Å². The number of rotatable bonds is 11. The second kappa shape index (κ2) is 17.1. The predicted molar refractivity (Wildman–Crippen MR) is 225 cm³/mol. The molecule has 62 heavy (non-hydrogen) atoms. The average Bonchev–Trinajstić information content (AvgIpc) is 3.31. The van der Waals surface area contributed by atoms with Gasteiger partial charge in [-0.1, -0.05) is 115 Å². The maximum Gasteiger partial charge on any atom is 0.343 e. The predicted octanol–water partition coefficient (Wildman–Crippen LogP) is 8.99. The molecule has 0 bridgehead atoms. The van der Waals surface area contributed by atoms with Gasteiger partial charge in [0, 0.05) is 16.7 Å². The van der Waals surface area contributed by atoms with Crippen molar-refractivity contribution in [3.63, 3.8) is 0 Å². The quantitative estimate of drug-likeness (QED) is 0.0547. The molecule has 0 spiro atoms. The molecular weight excluding hydrogens is 793 g/mol. The van der Waals surface area contributed by atoms with Crippen LogP contribution in [0.4, 0.5) is 0 Å². The molecule has 302 valence electrons. The van der Waals surface area contributed by atoms with E-state index in [2.05, 4.69) is 0 Å². The second-order valence-electron chi connectivity index (χ2n) is 13.6. The van der Waals surface area contributed by atoms with E-state index in [0.717, 1.165) is 12.1 Å². The van der Waals surface area contributed by atoms with Crippen LogP contribution in [0.3, 0.4) is 0 Å². The van der Waals surface area contributed by atoms with Crippen LogP contribution in [0.2, 0.25) is 0 Å². The molecule has 12 heteroatoms. The Morgan fingerprint density at radius 1 is 0.419 bits per heavy atom. The van der Waals surface area contributed by atoms with Crippen molar-refractivity contribution in [1.29, 1.82) is 0 Å². The molecular formula is C50H30O12. The highest BCUT2D eigenvalue weighted by Gasteiger charge is 2.38. The number of hydrogen-bond donors (Lipinski definition) is 2. The number of ether oxygens (including phenoxy) is 3. The normalized spacial score (nSPS) is 10.8. The summed E-state index contributed by atoms with van der Waals surface area (Å²) in [6.45, 7) is 0. The Hall–Kier alpha value is -8.90. The first-order chi connectivity index (χ1) is 30.1. The summed E-state index contributed by atoms with van der Waals surface area (Å²) in [5, 5.41) is 20.1. The maximum atomic E-state index is 15.4. The van der Waals surface area contributed by atoms with Gasteiger partial charge >= 0.3 is 17.9 Å². The fraction of sp³-hybridized carbons (Fsp3) is 0. The zero-order valence-electron chi connectivity index (χ0n) is 32.1. The summed E-state index contributed by atoms with van der Waals surface area (Å²) < 4.78 is 24.3. The van der Waals surface area contributed by atoms with Crippen molar-refractivity contribution >= 4 is 40.4 Å². The SMILES string of the molecule is O=C(Oc1c(C(=O)c2ccccc2)c(OC(=O)c2ccccc2)c2c(=O)c(OC(=O)c3ccccc3)c(-c3ccc(O)c(O)c3)oc2c1C(=O)c1ccccc1)c1ccccc1. The zero-order chi connectivity index (χ0) is 43.3. The first-order valence-corrected chi connectivity index (χ1v) is 18.8. The maximum absolute atomic E-state index is 15.4. The molecule has 2 N–H and O–H groups in total. The largest absolute Gasteiger partial charge is 0.504 e. The van der Waals surface area contributed by atoms with E-state index in [9.17, 15) is 24.6 Å². The fourth-order valence-corrected chi connectivity index (χ4v) is 6.57. The van der Waals surface area contributed by atoms with Crippen molar-refractivity contribution in [3.8, 4) is 40.1 Å². The van der Waals surface area contributed by atoms with Gasteiger partial charge in [0.15, 0.2) is 34.3 Å². The van der Waals surface area contributed by atoms with Crippen LogP contribution in [0, 0.1) is 0 Å². The first kappa shape index (κ1) is 39.9. The number of carbonyl (C=O) groups is 5. The van der Waals surface area contributed by atoms with E-state index in [0.29, 0.717) is 0 Å². The topological polar surface area (TPSA) is 184 Å². The van der Waals surface area contributed by atoms with Crippen molar-refractivity contribution in [2.24, 2.45) is 0 Å². The standard InChI is InChI=1S/C50H30O12/c51-35-27-26-34(28-36(35)52)43-47(62-50(58)33-24-14-5-15-25-33)42(55)39-44(59-43)37(40(53)29-16-6-1-7-17-29)45(60-48(56)31-20-10-3-11-21-31)38(41(54)30-18-8-2-9-19-30)46(39)61-49(57)32-22-12-4-13-23-32/h1-28,51-52H. The number of carbonyl (C=O) groups excluding carboxylic acids is 5. The number of benzene rings is 7. The Balaban J connectivity index is 1.56. The lowest BCUT2D eigenvalue weighted by Gasteiger charge is -2.21. The molecule has 1 heterocycles. The number of fused-ring (bicyclic) bond motifs is 1. The van der Waals surface area contributed by atoms with E-state index in [1.807, 2.05) is 0 Å². The minimum atomic E-state index is -1.22. The van der Waals surface area contributed by atoms with Crippen molar-refractivity contribution in [1.82, 2.24) is 0 Å². The Kier molecular flexibility index (Phi) is 11.0. The number of esters is 3. The molecule has 0 aliphatic heterocycles. The van der Waals surface area contributed by atoms with Gasteiger partial charge in [0.25, 0.3) is 0 Å². The van der Waals surface area contributed by atoms with E-state index in [-0.39, 0.29) is 33.4 Å². The Morgan fingerprint density at radius 3 is 1.24 bits per heavy atom. The lowest BCUT2D eigenvalue weighted by Crippen LogP contribution is -2.22. The van der Waals surface area contributed by atoms with Crippen LogP contribution in [0.25, 0.3) is 22.3 Å². The summed E-state index contributed by atoms with van der Waals surface area (Å²) in [7, 11) is 0. The number of aromatic hydroxyl groups is 2. The molecule has 1 aromatic heterocycles. The van der Waals surface area contributed by atoms with Crippen LogP contribution in [0.5, 0.6) is 28.7 Å². The van der Waals surface area contributed by atoms with E-state index < -0.39 is 91.5 Å². The highest BCUT2D eigenvalue weighted by molar-refractivity contribution is 6.25. The van der Waals surface area contributed by atoms with E-state index in [4.69, 9.17) is 18.6 Å². The smallest absolute Gasteiger partial charge is 0.343 e. The van der Waals surface area contributed by atoms with E-state index >= 15 is 14.4 Å². The van der Waals surface area contributed by atoms with Gasteiger partial charge in [0.05, 0.1) is 16.7 Å². The molecule has 0 saturated heterocycles. The molecule has 0 aliphatic rings. The molecule has 0 aliphatic carbocycles. The van der Waals surface area contributed by atoms with Gasteiger partial charge in [-0.2, -0.15) is 0 Å². The van der Waals surface area contributed by atoms with Gasteiger partial charge < -0.3 is 28.8 Å². The summed E-state index contributed by atoms with van der Waals surface area (Å²) >= 11 is 0. The molecule has 8 rings (SSSR count). The van der Waals surface area contributed by atoms with Crippen LogP contribution < -0.4 is 19.6 Å². The summed E-state index contributed by atoms with van der Waals surface area (Å²) in [4.78, 5) is 87.4. The minimum absolute atomic E-state index is 0.00321. The Bertz CT molecular complexity index is 3090. The van der Waals surface area contributed by atoms with Gasteiger partial charge in [-0.25, -0.2) is 14.4 Å². The van der Waals surface area contributed by atoms with Gasteiger partial charge in [0.1, 0.15) is 16.5 Å². The highest BCUT2D eigenvalue weighted by atomic mass is 16.6. The molecule has 0 atom stereocenters. The molecule has 8 aromatic rings. The van der Waals surface area contributed by atoms with Crippen LogP contribution in [0.1, 0.15) is 62.9 Å². The van der Waals surface area contributed by atoms with E-state index in [1.165, 1.54) is 66.7 Å².